The molecule has 0 radical (unpaired) electrons. The Balaban J connectivity index is 2.28. The summed E-state index contributed by atoms with van der Waals surface area (Å²) >= 11 is 0. The van der Waals surface area contributed by atoms with Crippen molar-refractivity contribution in [1.82, 2.24) is 0 Å². The first-order valence-corrected chi connectivity index (χ1v) is 6.87. The smallest absolute Gasteiger partial charge is 0.255 e. The van der Waals surface area contributed by atoms with Crippen LogP contribution in [0.25, 0.3) is 0 Å². The molecule has 0 aliphatic rings. The zero-order valence-corrected chi connectivity index (χ0v) is 13.5. The second-order valence-electron chi connectivity index (χ2n) is 4.66. The van der Waals surface area contributed by atoms with E-state index in [9.17, 15) is 4.79 Å². The maximum absolute atomic E-state index is 12.4. The third-order valence-corrected chi connectivity index (χ3v) is 3.22. The molecular formula is C17H19NO5. The van der Waals surface area contributed by atoms with E-state index in [1.54, 1.807) is 50.6 Å². The Bertz CT molecular complexity index is 655. The molecule has 2 rings (SSSR count). The van der Waals surface area contributed by atoms with Crippen molar-refractivity contribution in [2.45, 2.75) is 0 Å². The Morgan fingerprint density at radius 1 is 0.696 bits per heavy atom. The zero-order chi connectivity index (χ0) is 16.8. The summed E-state index contributed by atoms with van der Waals surface area (Å²) in [5, 5.41) is 2.80. The van der Waals surface area contributed by atoms with Crippen LogP contribution in [-0.2, 0) is 0 Å². The van der Waals surface area contributed by atoms with E-state index in [1.165, 1.54) is 14.2 Å². The Morgan fingerprint density at radius 2 is 1.09 bits per heavy atom. The number of anilines is 1. The number of hydrogen-bond donors (Lipinski definition) is 1. The summed E-state index contributed by atoms with van der Waals surface area (Å²) in [6, 6.07) is 10.1. The van der Waals surface area contributed by atoms with Gasteiger partial charge in [-0.1, -0.05) is 0 Å². The Labute approximate surface area is 134 Å². The zero-order valence-electron chi connectivity index (χ0n) is 13.5. The third kappa shape index (κ3) is 4.06. The first-order valence-electron chi connectivity index (χ1n) is 6.87. The van der Waals surface area contributed by atoms with Crippen LogP contribution in [0.2, 0.25) is 0 Å². The summed E-state index contributed by atoms with van der Waals surface area (Å²) in [7, 11) is 6.16. The molecule has 122 valence electrons. The number of rotatable bonds is 6. The molecular weight excluding hydrogens is 298 g/mol. The van der Waals surface area contributed by atoms with Crippen LogP contribution >= 0.6 is 0 Å². The number of hydrogen-bond acceptors (Lipinski definition) is 5. The van der Waals surface area contributed by atoms with Gasteiger partial charge in [-0.15, -0.1) is 0 Å². The Kier molecular flexibility index (Phi) is 5.30. The predicted molar refractivity (Wildman–Crippen MR) is 87.0 cm³/mol. The van der Waals surface area contributed by atoms with Gasteiger partial charge in [-0.05, 0) is 12.1 Å². The van der Waals surface area contributed by atoms with E-state index in [1.807, 2.05) is 0 Å². The van der Waals surface area contributed by atoms with Crippen LogP contribution in [0.4, 0.5) is 5.69 Å². The quantitative estimate of drug-likeness (QED) is 0.887. The second kappa shape index (κ2) is 7.40. The lowest BCUT2D eigenvalue weighted by Gasteiger charge is -2.11. The average Bonchev–Trinajstić information content (AvgIpc) is 2.60. The number of nitrogens with one attached hydrogen (secondary N) is 1. The van der Waals surface area contributed by atoms with Crippen molar-refractivity contribution in [2.24, 2.45) is 0 Å². The fraction of sp³-hybridized carbons (Fsp3) is 0.235. The minimum atomic E-state index is -0.294. The normalized spacial score (nSPS) is 9.91. The highest BCUT2D eigenvalue weighted by Crippen LogP contribution is 2.27. The van der Waals surface area contributed by atoms with Gasteiger partial charge in [0.15, 0.2) is 0 Å². The minimum absolute atomic E-state index is 0.294. The molecule has 0 aliphatic carbocycles. The highest BCUT2D eigenvalue weighted by Gasteiger charge is 2.11. The van der Waals surface area contributed by atoms with E-state index >= 15 is 0 Å². The van der Waals surface area contributed by atoms with Crippen LogP contribution in [0.5, 0.6) is 23.0 Å². The highest BCUT2D eigenvalue weighted by molar-refractivity contribution is 6.05. The van der Waals surface area contributed by atoms with E-state index in [2.05, 4.69) is 5.32 Å². The first kappa shape index (κ1) is 16.5. The minimum Gasteiger partial charge on any atom is -0.497 e. The molecule has 0 bridgehead atoms. The highest BCUT2D eigenvalue weighted by atomic mass is 16.5. The van der Waals surface area contributed by atoms with E-state index < -0.39 is 0 Å². The molecule has 0 saturated heterocycles. The fourth-order valence-corrected chi connectivity index (χ4v) is 2.02. The molecule has 0 aromatic heterocycles. The lowest BCUT2D eigenvalue weighted by Crippen LogP contribution is -2.12. The van der Waals surface area contributed by atoms with Crippen LogP contribution in [0.1, 0.15) is 10.4 Å². The lowest BCUT2D eigenvalue weighted by molar-refractivity contribution is 0.102. The summed E-state index contributed by atoms with van der Waals surface area (Å²) in [5.74, 6) is 1.96. The van der Waals surface area contributed by atoms with Crippen LogP contribution in [0, 0.1) is 0 Å². The number of carbonyl (C=O) groups is 1. The summed E-state index contributed by atoms with van der Waals surface area (Å²) in [6.45, 7) is 0. The third-order valence-electron chi connectivity index (χ3n) is 3.22. The van der Waals surface area contributed by atoms with Crippen molar-refractivity contribution in [1.29, 1.82) is 0 Å². The SMILES string of the molecule is COc1cc(NC(=O)c2cc(OC)cc(OC)c2)cc(OC)c1. The molecule has 2 aromatic carbocycles. The molecule has 0 heterocycles. The van der Waals surface area contributed by atoms with Gasteiger partial charge in [0.25, 0.3) is 5.91 Å². The van der Waals surface area contributed by atoms with Crippen molar-refractivity contribution in [3.63, 3.8) is 0 Å². The molecule has 6 nitrogen and oxygen atoms in total. The molecule has 0 fully saturated rings. The monoisotopic (exact) mass is 317 g/mol. The van der Waals surface area contributed by atoms with Crippen LogP contribution in [-0.4, -0.2) is 34.3 Å². The van der Waals surface area contributed by atoms with Gasteiger partial charge in [-0.2, -0.15) is 0 Å². The van der Waals surface area contributed by atoms with Crippen molar-refractivity contribution >= 4 is 11.6 Å². The summed E-state index contributed by atoms with van der Waals surface area (Å²) in [6.07, 6.45) is 0. The van der Waals surface area contributed by atoms with Crippen LogP contribution < -0.4 is 24.3 Å². The van der Waals surface area contributed by atoms with E-state index in [0.717, 1.165) is 0 Å². The molecule has 0 unspecified atom stereocenters. The van der Waals surface area contributed by atoms with Gasteiger partial charge in [0, 0.05) is 35.5 Å². The Morgan fingerprint density at radius 3 is 1.48 bits per heavy atom. The number of carbonyl (C=O) groups excluding carboxylic acids is 1. The van der Waals surface area contributed by atoms with Crippen LogP contribution in [0.15, 0.2) is 36.4 Å². The van der Waals surface area contributed by atoms with Gasteiger partial charge in [-0.25, -0.2) is 0 Å². The van der Waals surface area contributed by atoms with Crippen molar-refractivity contribution in [3.05, 3.63) is 42.0 Å². The van der Waals surface area contributed by atoms with Gasteiger partial charge < -0.3 is 24.3 Å². The first-order chi connectivity index (χ1) is 11.1. The maximum Gasteiger partial charge on any atom is 0.255 e. The second-order valence-corrected chi connectivity index (χ2v) is 4.66. The predicted octanol–water partition coefficient (Wildman–Crippen LogP) is 2.97. The largest absolute Gasteiger partial charge is 0.497 e. The molecule has 0 saturated carbocycles. The van der Waals surface area contributed by atoms with Crippen molar-refractivity contribution in [2.75, 3.05) is 33.8 Å². The summed E-state index contributed by atoms with van der Waals surface area (Å²) in [4.78, 5) is 12.4. The Hall–Kier alpha value is -2.89. The number of benzene rings is 2. The average molecular weight is 317 g/mol. The summed E-state index contributed by atoms with van der Waals surface area (Å²) in [5.41, 5.74) is 0.982. The lowest BCUT2D eigenvalue weighted by atomic mass is 10.1. The molecule has 6 heteroatoms. The van der Waals surface area contributed by atoms with Gasteiger partial charge in [0.1, 0.15) is 23.0 Å². The van der Waals surface area contributed by atoms with Gasteiger partial charge in [0.05, 0.1) is 28.4 Å². The molecule has 23 heavy (non-hydrogen) atoms. The van der Waals surface area contributed by atoms with Gasteiger partial charge in [-0.3, -0.25) is 4.79 Å². The van der Waals surface area contributed by atoms with E-state index in [4.69, 9.17) is 18.9 Å². The van der Waals surface area contributed by atoms with Gasteiger partial charge >= 0.3 is 0 Å². The fourth-order valence-electron chi connectivity index (χ4n) is 2.02. The molecule has 1 amide bonds. The topological polar surface area (TPSA) is 66.0 Å². The van der Waals surface area contributed by atoms with Crippen molar-refractivity contribution < 1.29 is 23.7 Å². The van der Waals surface area contributed by atoms with Gasteiger partial charge in [0.2, 0.25) is 0 Å². The molecule has 2 aromatic rings. The number of ether oxygens (including phenoxy) is 4. The van der Waals surface area contributed by atoms with E-state index in [0.29, 0.717) is 34.2 Å². The maximum atomic E-state index is 12.4. The van der Waals surface area contributed by atoms with Crippen LogP contribution in [0.3, 0.4) is 0 Å². The van der Waals surface area contributed by atoms with E-state index in [-0.39, 0.29) is 5.91 Å². The number of amides is 1. The number of methoxy groups -OCH3 is 4. The molecule has 0 spiro atoms. The molecule has 0 aliphatic heterocycles. The molecule has 0 atom stereocenters. The summed E-state index contributed by atoms with van der Waals surface area (Å²) < 4.78 is 20.7. The van der Waals surface area contributed by atoms with Crippen molar-refractivity contribution in [3.8, 4) is 23.0 Å². The standard InChI is InChI=1S/C17H19NO5/c1-20-13-5-11(6-14(9-13)21-2)17(19)18-12-7-15(22-3)10-16(8-12)23-4/h5-10H,1-4H3,(H,18,19). The molecule has 1 N–H and O–H groups in total.